The molecule has 148 valence electrons. The minimum atomic E-state index is 0. The number of aromatic amines is 1. The highest BCUT2D eigenvalue weighted by Gasteiger charge is 2.31. The lowest BCUT2D eigenvalue weighted by Crippen LogP contribution is -2.46. The molecule has 3 rings (SSSR count). The molecule has 0 spiro atoms. The van der Waals surface area contributed by atoms with Crippen LogP contribution in [-0.2, 0) is 6.54 Å². The summed E-state index contributed by atoms with van der Waals surface area (Å²) < 4.78 is 0. The predicted octanol–water partition coefficient (Wildman–Crippen LogP) is 3.09. The SMILES string of the molecule is CN=C(NCc1ncc(-c2ccccc2)[nH]1)NC1CN(C(C)C)CC1C.I. The predicted molar refractivity (Wildman–Crippen MR) is 122 cm³/mol. The molecule has 1 aliphatic rings. The van der Waals surface area contributed by atoms with E-state index in [4.69, 9.17) is 0 Å². The molecule has 1 saturated heterocycles. The van der Waals surface area contributed by atoms with Gasteiger partial charge in [0.25, 0.3) is 0 Å². The van der Waals surface area contributed by atoms with Gasteiger partial charge in [-0.1, -0.05) is 37.3 Å². The number of imidazole rings is 1. The van der Waals surface area contributed by atoms with E-state index in [-0.39, 0.29) is 24.0 Å². The van der Waals surface area contributed by atoms with E-state index in [0.29, 0.717) is 24.5 Å². The van der Waals surface area contributed by atoms with Crippen LogP contribution in [0.15, 0.2) is 41.5 Å². The maximum Gasteiger partial charge on any atom is 0.191 e. The second-order valence-corrected chi connectivity index (χ2v) is 7.31. The summed E-state index contributed by atoms with van der Waals surface area (Å²) in [6, 6.07) is 11.2. The summed E-state index contributed by atoms with van der Waals surface area (Å²) in [4.78, 5) is 14.7. The summed E-state index contributed by atoms with van der Waals surface area (Å²) >= 11 is 0. The van der Waals surface area contributed by atoms with Crippen molar-refractivity contribution >= 4 is 29.9 Å². The van der Waals surface area contributed by atoms with Gasteiger partial charge < -0.3 is 15.6 Å². The topological polar surface area (TPSA) is 68.3 Å². The lowest BCUT2D eigenvalue weighted by atomic mass is 10.1. The maximum absolute atomic E-state index is 4.47. The second kappa shape index (κ2) is 10.1. The molecule has 1 aromatic heterocycles. The number of nitrogens with zero attached hydrogens (tertiary/aromatic N) is 3. The largest absolute Gasteiger partial charge is 0.352 e. The molecule has 7 heteroatoms. The molecule has 0 amide bonds. The number of hydrogen-bond acceptors (Lipinski definition) is 3. The number of H-pyrrole nitrogens is 1. The molecule has 1 fully saturated rings. The van der Waals surface area contributed by atoms with Crippen molar-refractivity contribution in [2.45, 2.75) is 39.4 Å². The number of likely N-dealkylation sites (tertiary alicyclic amines) is 1. The molecule has 0 saturated carbocycles. The van der Waals surface area contributed by atoms with Crippen LogP contribution in [0.25, 0.3) is 11.3 Å². The van der Waals surface area contributed by atoms with E-state index in [2.05, 4.69) is 63.4 Å². The number of nitrogens with one attached hydrogen (secondary N) is 3. The average molecular weight is 482 g/mol. The number of hydrogen-bond donors (Lipinski definition) is 3. The molecule has 6 nitrogen and oxygen atoms in total. The van der Waals surface area contributed by atoms with Crippen LogP contribution in [0.5, 0.6) is 0 Å². The molecule has 2 unspecified atom stereocenters. The molecular formula is C20H31IN6. The number of aromatic nitrogens is 2. The summed E-state index contributed by atoms with van der Waals surface area (Å²) in [6.07, 6.45) is 1.88. The fourth-order valence-corrected chi connectivity index (χ4v) is 3.37. The molecule has 3 N–H and O–H groups in total. The monoisotopic (exact) mass is 482 g/mol. The molecule has 1 aromatic carbocycles. The van der Waals surface area contributed by atoms with Gasteiger partial charge in [-0.2, -0.15) is 0 Å². The number of aliphatic imine (C=N–C) groups is 1. The molecule has 2 aromatic rings. The normalized spacial score (nSPS) is 20.6. The first-order valence-corrected chi connectivity index (χ1v) is 9.37. The van der Waals surface area contributed by atoms with Crippen molar-refractivity contribution in [2.24, 2.45) is 10.9 Å². The standard InChI is InChI=1S/C20H30N6.HI/c1-14(2)26-12-15(3)18(13-26)25-20(21-4)23-11-19-22-10-17(24-19)16-8-6-5-7-9-16;/h5-10,14-15,18H,11-13H2,1-4H3,(H,22,24)(H2,21,23,25);1H. The summed E-state index contributed by atoms with van der Waals surface area (Å²) in [5.41, 5.74) is 2.17. The van der Waals surface area contributed by atoms with E-state index in [9.17, 15) is 0 Å². The Hall–Kier alpha value is -1.61. The third-order valence-corrected chi connectivity index (χ3v) is 5.05. The first kappa shape index (κ1) is 21.7. The Morgan fingerprint density at radius 1 is 1.30 bits per heavy atom. The van der Waals surface area contributed by atoms with Gasteiger partial charge in [-0.3, -0.25) is 9.89 Å². The van der Waals surface area contributed by atoms with Gasteiger partial charge >= 0.3 is 0 Å². The van der Waals surface area contributed by atoms with Gasteiger partial charge in [0, 0.05) is 32.2 Å². The molecule has 1 aliphatic heterocycles. The van der Waals surface area contributed by atoms with Crippen molar-refractivity contribution in [3.63, 3.8) is 0 Å². The Morgan fingerprint density at radius 2 is 2.04 bits per heavy atom. The third kappa shape index (κ3) is 5.68. The number of guanidine groups is 1. The van der Waals surface area contributed by atoms with E-state index >= 15 is 0 Å². The maximum atomic E-state index is 4.47. The molecule has 0 aliphatic carbocycles. The van der Waals surface area contributed by atoms with Gasteiger partial charge in [-0.15, -0.1) is 24.0 Å². The Labute approximate surface area is 179 Å². The van der Waals surface area contributed by atoms with Gasteiger partial charge in [0.15, 0.2) is 5.96 Å². The van der Waals surface area contributed by atoms with Crippen molar-refractivity contribution in [3.05, 3.63) is 42.4 Å². The van der Waals surface area contributed by atoms with E-state index in [1.165, 1.54) is 0 Å². The summed E-state index contributed by atoms with van der Waals surface area (Å²) in [5.74, 6) is 2.32. The smallest absolute Gasteiger partial charge is 0.191 e. The van der Waals surface area contributed by atoms with Gasteiger partial charge in [0.05, 0.1) is 18.4 Å². The summed E-state index contributed by atoms with van der Waals surface area (Å²) in [5, 5.41) is 6.93. The minimum Gasteiger partial charge on any atom is -0.352 e. The molecule has 0 bridgehead atoms. The van der Waals surface area contributed by atoms with Crippen LogP contribution in [0.3, 0.4) is 0 Å². The number of benzene rings is 1. The van der Waals surface area contributed by atoms with E-state index in [0.717, 1.165) is 36.1 Å². The van der Waals surface area contributed by atoms with Gasteiger partial charge in [-0.25, -0.2) is 4.98 Å². The highest BCUT2D eigenvalue weighted by Crippen LogP contribution is 2.19. The van der Waals surface area contributed by atoms with Crippen molar-refractivity contribution < 1.29 is 0 Å². The quantitative estimate of drug-likeness (QED) is 0.348. The van der Waals surface area contributed by atoms with Crippen LogP contribution < -0.4 is 10.6 Å². The van der Waals surface area contributed by atoms with Crippen LogP contribution in [0.4, 0.5) is 0 Å². The molecule has 27 heavy (non-hydrogen) atoms. The zero-order valence-corrected chi connectivity index (χ0v) is 18.9. The van der Waals surface area contributed by atoms with E-state index < -0.39 is 0 Å². The Kier molecular flexibility index (Phi) is 8.09. The lowest BCUT2D eigenvalue weighted by molar-refractivity contribution is 0.265. The van der Waals surface area contributed by atoms with Crippen molar-refractivity contribution in [1.82, 2.24) is 25.5 Å². The molecule has 2 heterocycles. The van der Waals surface area contributed by atoms with Crippen molar-refractivity contribution in [2.75, 3.05) is 20.1 Å². The number of halogens is 1. The fraction of sp³-hybridized carbons (Fsp3) is 0.500. The molecular weight excluding hydrogens is 451 g/mol. The highest BCUT2D eigenvalue weighted by atomic mass is 127. The zero-order chi connectivity index (χ0) is 18.5. The Morgan fingerprint density at radius 3 is 2.67 bits per heavy atom. The van der Waals surface area contributed by atoms with Crippen molar-refractivity contribution in [1.29, 1.82) is 0 Å². The third-order valence-electron chi connectivity index (χ3n) is 5.05. The first-order chi connectivity index (χ1) is 12.6. The first-order valence-electron chi connectivity index (χ1n) is 9.37. The van der Waals surface area contributed by atoms with Crippen LogP contribution in [-0.4, -0.2) is 53.0 Å². The van der Waals surface area contributed by atoms with Gasteiger partial charge in [-0.05, 0) is 25.3 Å². The van der Waals surface area contributed by atoms with Crippen LogP contribution in [0.2, 0.25) is 0 Å². The molecule has 0 radical (unpaired) electrons. The van der Waals surface area contributed by atoms with Crippen LogP contribution in [0, 0.1) is 5.92 Å². The highest BCUT2D eigenvalue weighted by molar-refractivity contribution is 14.0. The zero-order valence-electron chi connectivity index (χ0n) is 16.6. The summed E-state index contributed by atoms with van der Waals surface area (Å²) in [7, 11) is 1.81. The fourth-order valence-electron chi connectivity index (χ4n) is 3.37. The lowest BCUT2D eigenvalue weighted by Gasteiger charge is -2.21. The minimum absolute atomic E-state index is 0. The van der Waals surface area contributed by atoms with Gasteiger partial charge in [0.2, 0.25) is 0 Å². The number of rotatable bonds is 5. The Balaban J connectivity index is 0.00000261. The Bertz CT molecular complexity index is 727. The van der Waals surface area contributed by atoms with E-state index in [1.54, 1.807) is 0 Å². The molecule has 2 atom stereocenters. The average Bonchev–Trinajstić information content (AvgIpc) is 3.26. The van der Waals surface area contributed by atoms with Crippen LogP contribution >= 0.6 is 24.0 Å². The van der Waals surface area contributed by atoms with E-state index in [1.807, 2.05) is 31.4 Å². The van der Waals surface area contributed by atoms with Crippen molar-refractivity contribution in [3.8, 4) is 11.3 Å². The van der Waals surface area contributed by atoms with Crippen LogP contribution in [0.1, 0.15) is 26.6 Å². The summed E-state index contributed by atoms with van der Waals surface area (Å²) in [6.45, 7) is 9.60. The second-order valence-electron chi connectivity index (χ2n) is 7.31. The van der Waals surface area contributed by atoms with Gasteiger partial charge in [0.1, 0.15) is 5.82 Å².